The van der Waals surface area contributed by atoms with E-state index in [0.29, 0.717) is 43.1 Å². The van der Waals surface area contributed by atoms with Crippen LogP contribution in [0.25, 0.3) is 0 Å². The van der Waals surface area contributed by atoms with Crippen molar-refractivity contribution in [1.82, 2.24) is 4.90 Å². The molecule has 6 nitrogen and oxygen atoms in total. The molecule has 4 N–H and O–H groups in total. The first-order chi connectivity index (χ1) is 9.58. The maximum atomic E-state index is 11.4. The number of carbonyl (C=O) groups excluding carboxylic acids is 2. The predicted molar refractivity (Wildman–Crippen MR) is 75.9 cm³/mol. The Morgan fingerprint density at radius 1 is 1.10 bits per heavy atom. The number of hydrogen-bond acceptors (Lipinski definition) is 5. The zero-order valence-electron chi connectivity index (χ0n) is 11.3. The lowest BCUT2D eigenvalue weighted by Gasteiger charge is -2.14. The molecular weight excluding hydrogens is 258 g/mol. The number of likely N-dealkylation sites (tertiary alicyclic amines) is 1. The van der Waals surface area contributed by atoms with Crippen LogP contribution in [0.5, 0.6) is 5.75 Å². The average Bonchev–Trinajstić information content (AvgIpc) is 2.72. The third-order valence-electron chi connectivity index (χ3n) is 3.22. The Hall–Kier alpha value is -2.24. The smallest absolute Gasteiger partial charge is 0.229 e. The van der Waals surface area contributed by atoms with Crippen LogP contribution in [-0.4, -0.2) is 29.9 Å². The number of imide groups is 1. The van der Waals surface area contributed by atoms with Gasteiger partial charge in [0.2, 0.25) is 11.8 Å². The third-order valence-corrected chi connectivity index (χ3v) is 3.22. The normalized spacial score (nSPS) is 14.9. The van der Waals surface area contributed by atoms with E-state index < -0.39 is 0 Å². The summed E-state index contributed by atoms with van der Waals surface area (Å²) in [4.78, 5) is 24.1. The van der Waals surface area contributed by atoms with E-state index in [2.05, 4.69) is 0 Å². The molecule has 1 fully saturated rings. The monoisotopic (exact) mass is 277 g/mol. The molecular formula is C14H19N3O3. The van der Waals surface area contributed by atoms with Crippen molar-refractivity contribution in [3.8, 4) is 5.75 Å². The summed E-state index contributed by atoms with van der Waals surface area (Å²) in [5, 5.41) is 0. The summed E-state index contributed by atoms with van der Waals surface area (Å²) in [5.41, 5.74) is 12.5. The van der Waals surface area contributed by atoms with Gasteiger partial charge in [-0.2, -0.15) is 0 Å². The second kappa shape index (κ2) is 6.27. The van der Waals surface area contributed by atoms with Crippen molar-refractivity contribution >= 4 is 23.2 Å². The Labute approximate surface area is 117 Å². The molecule has 1 saturated heterocycles. The van der Waals surface area contributed by atoms with Gasteiger partial charge in [-0.3, -0.25) is 14.5 Å². The molecule has 0 bridgehead atoms. The highest BCUT2D eigenvalue weighted by Crippen LogP contribution is 2.23. The first kappa shape index (κ1) is 14.2. The maximum Gasteiger partial charge on any atom is 0.229 e. The quantitative estimate of drug-likeness (QED) is 0.462. The van der Waals surface area contributed by atoms with Crippen molar-refractivity contribution in [2.24, 2.45) is 0 Å². The lowest BCUT2D eigenvalue weighted by Crippen LogP contribution is -2.30. The van der Waals surface area contributed by atoms with Crippen LogP contribution >= 0.6 is 0 Å². The molecule has 6 heteroatoms. The summed E-state index contributed by atoms with van der Waals surface area (Å²) >= 11 is 0. The lowest BCUT2D eigenvalue weighted by molar-refractivity contribution is -0.138. The summed E-state index contributed by atoms with van der Waals surface area (Å²) in [6.45, 7) is 0.961. The van der Waals surface area contributed by atoms with Gasteiger partial charge in [0.25, 0.3) is 0 Å². The van der Waals surface area contributed by atoms with E-state index >= 15 is 0 Å². The van der Waals surface area contributed by atoms with Crippen molar-refractivity contribution in [3.05, 3.63) is 18.2 Å². The molecule has 1 aliphatic heterocycles. The number of nitrogen functional groups attached to an aromatic ring is 2. The Kier molecular flexibility index (Phi) is 4.45. The van der Waals surface area contributed by atoms with Gasteiger partial charge in [0.1, 0.15) is 5.75 Å². The van der Waals surface area contributed by atoms with E-state index in [1.165, 1.54) is 4.90 Å². The van der Waals surface area contributed by atoms with E-state index in [-0.39, 0.29) is 11.8 Å². The Balaban J connectivity index is 1.69. The molecule has 0 aromatic heterocycles. The molecule has 0 saturated carbocycles. The number of carbonyl (C=O) groups is 2. The van der Waals surface area contributed by atoms with E-state index in [0.717, 1.165) is 12.8 Å². The largest absolute Gasteiger partial charge is 0.491 e. The van der Waals surface area contributed by atoms with E-state index in [9.17, 15) is 9.59 Å². The van der Waals surface area contributed by atoms with Crippen molar-refractivity contribution in [1.29, 1.82) is 0 Å². The highest BCUT2D eigenvalue weighted by molar-refractivity contribution is 6.01. The number of hydrogen-bond donors (Lipinski definition) is 2. The molecule has 0 radical (unpaired) electrons. The SMILES string of the molecule is Nc1ccc(OCCCCN2C(=O)CCC2=O)c(N)c1. The number of nitrogens with two attached hydrogens (primary N) is 2. The van der Waals surface area contributed by atoms with Crippen molar-refractivity contribution in [2.45, 2.75) is 25.7 Å². The molecule has 1 aliphatic rings. The van der Waals surface area contributed by atoms with Crippen LogP contribution in [0.1, 0.15) is 25.7 Å². The summed E-state index contributed by atoms with van der Waals surface area (Å²) < 4.78 is 5.54. The van der Waals surface area contributed by atoms with Gasteiger partial charge in [0, 0.05) is 25.1 Å². The maximum absolute atomic E-state index is 11.4. The summed E-state index contributed by atoms with van der Waals surface area (Å²) in [6, 6.07) is 5.11. The number of anilines is 2. The van der Waals surface area contributed by atoms with Gasteiger partial charge in [0.15, 0.2) is 0 Å². The first-order valence-corrected chi connectivity index (χ1v) is 6.69. The van der Waals surface area contributed by atoms with Gasteiger partial charge in [-0.25, -0.2) is 0 Å². The van der Waals surface area contributed by atoms with E-state index in [4.69, 9.17) is 16.2 Å². The minimum atomic E-state index is -0.0707. The number of benzene rings is 1. The molecule has 1 aromatic carbocycles. The fourth-order valence-electron chi connectivity index (χ4n) is 2.12. The van der Waals surface area contributed by atoms with Gasteiger partial charge in [-0.1, -0.05) is 0 Å². The molecule has 20 heavy (non-hydrogen) atoms. The van der Waals surface area contributed by atoms with Crippen molar-refractivity contribution in [3.63, 3.8) is 0 Å². The third kappa shape index (κ3) is 3.40. The molecule has 0 aliphatic carbocycles. The minimum absolute atomic E-state index is 0.0707. The van der Waals surface area contributed by atoms with Gasteiger partial charge in [0.05, 0.1) is 12.3 Å². The van der Waals surface area contributed by atoms with Gasteiger partial charge in [-0.05, 0) is 31.0 Å². The van der Waals surface area contributed by atoms with Gasteiger partial charge >= 0.3 is 0 Å². The number of nitrogens with zero attached hydrogens (tertiary/aromatic N) is 1. The topological polar surface area (TPSA) is 98.6 Å². The Morgan fingerprint density at radius 2 is 1.80 bits per heavy atom. The number of ether oxygens (including phenoxy) is 1. The van der Waals surface area contributed by atoms with Crippen LogP contribution in [0.3, 0.4) is 0 Å². The van der Waals surface area contributed by atoms with Gasteiger partial charge in [-0.15, -0.1) is 0 Å². The molecule has 0 spiro atoms. The number of unbranched alkanes of at least 4 members (excludes halogenated alkanes) is 1. The van der Waals surface area contributed by atoms with Crippen LogP contribution in [0.4, 0.5) is 11.4 Å². The predicted octanol–water partition coefficient (Wildman–Crippen LogP) is 1.16. The standard InChI is InChI=1S/C14H19N3O3/c15-10-3-4-12(11(16)9-10)20-8-2-1-7-17-13(18)5-6-14(17)19/h3-4,9H,1-2,5-8,15-16H2. The highest BCUT2D eigenvalue weighted by atomic mass is 16.5. The van der Waals surface area contributed by atoms with Crippen LogP contribution in [0.15, 0.2) is 18.2 Å². The molecule has 2 amide bonds. The molecule has 1 heterocycles. The number of rotatable bonds is 6. The fourth-order valence-corrected chi connectivity index (χ4v) is 2.12. The summed E-state index contributed by atoms with van der Waals surface area (Å²) in [7, 11) is 0. The first-order valence-electron chi connectivity index (χ1n) is 6.69. The average molecular weight is 277 g/mol. The molecule has 2 rings (SSSR count). The second-order valence-corrected chi connectivity index (χ2v) is 4.79. The molecule has 0 unspecified atom stereocenters. The second-order valence-electron chi connectivity index (χ2n) is 4.79. The van der Waals surface area contributed by atoms with Crippen LogP contribution in [-0.2, 0) is 9.59 Å². The van der Waals surface area contributed by atoms with Crippen molar-refractivity contribution < 1.29 is 14.3 Å². The molecule has 0 atom stereocenters. The molecule has 108 valence electrons. The van der Waals surface area contributed by atoms with E-state index in [1.807, 2.05) is 0 Å². The zero-order valence-corrected chi connectivity index (χ0v) is 11.3. The van der Waals surface area contributed by atoms with Crippen molar-refractivity contribution in [2.75, 3.05) is 24.6 Å². The number of amides is 2. The summed E-state index contributed by atoms with van der Waals surface area (Å²) in [6.07, 6.45) is 2.17. The minimum Gasteiger partial charge on any atom is -0.491 e. The van der Waals surface area contributed by atoms with Crippen LogP contribution in [0, 0.1) is 0 Å². The van der Waals surface area contributed by atoms with E-state index in [1.54, 1.807) is 18.2 Å². The van der Waals surface area contributed by atoms with Gasteiger partial charge < -0.3 is 16.2 Å². The Bertz CT molecular complexity index is 500. The zero-order chi connectivity index (χ0) is 14.5. The van der Waals surface area contributed by atoms with Crippen LogP contribution < -0.4 is 16.2 Å². The lowest BCUT2D eigenvalue weighted by atomic mass is 10.2. The highest BCUT2D eigenvalue weighted by Gasteiger charge is 2.27. The van der Waals surface area contributed by atoms with Crippen LogP contribution in [0.2, 0.25) is 0 Å². The fraction of sp³-hybridized carbons (Fsp3) is 0.429. The summed E-state index contributed by atoms with van der Waals surface area (Å²) in [5.74, 6) is 0.463. The molecule has 1 aromatic rings. The Morgan fingerprint density at radius 3 is 2.45 bits per heavy atom.